The monoisotopic (exact) mass is 444 g/mol. The van der Waals surface area contributed by atoms with Crippen LogP contribution in [0, 0.1) is 28.6 Å². The van der Waals surface area contributed by atoms with Crippen molar-refractivity contribution in [3.8, 4) is 11.4 Å². The Morgan fingerprint density at radius 2 is 1.76 bits per heavy atom. The summed E-state index contributed by atoms with van der Waals surface area (Å²) in [6.07, 6.45) is 14.7. The highest BCUT2D eigenvalue weighted by Gasteiger charge is 2.57. The van der Waals surface area contributed by atoms with Crippen LogP contribution < -0.4 is 4.74 Å². The minimum atomic E-state index is -0.132. The fourth-order valence-corrected chi connectivity index (χ4v) is 8.04. The number of rotatable bonds is 3. The summed E-state index contributed by atoms with van der Waals surface area (Å²) in [7, 11) is 1.70. The van der Waals surface area contributed by atoms with Crippen LogP contribution in [0.5, 0.6) is 5.75 Å². The summed E-state index contributed by atoms with van der Waals surface area (Å²) in [5.41, 5.74) is 5.84. The van der Waals surface area contributed by atoms with Crippen LogP contribution in [-0.2, 0) is 0 Å². The molecule has 0 unspecified atom stereocenters. The van der Waals surface area contributed by atoms with Crippen molar-refractivity contribution in [2.75, 3.05) is 7.11 Å². The lowest BCUT2D eigenvalue weighted by Crippen LogP contribution is -2.49. The number of benzene rings is 1. The highest BCUT2D eigenvalue weighted by atomic mass is 16.5. The number of nitrogens with zero attached hydrogens (tertiary/aromatic N) is 2. The van der Waals surface area contributed by atoms with Gasteiger partial charge in [-0.25, -0.2) is 4.68 Å². The molecule has 6 rings (SSSR count). The first-order valence-electron chi connectivity index (χ1n) is 12.7. The normalized spacial score (nSPS) is 37.5. The van der Waals surface area contributed by atoms with Crippen LogP contribution in [0.15, 0.2) is 54.3 Å². The van der Waals surface area contributed by atoms with Crippen molar-refractivity contribution >= 4 is 5.57 Å². The molecule has 4 aliphatic rings. The number of hydrogen-bond acceptors (Lipinski definition) is 3. The molecule has 33 heavy (non-hydrogen) atoms. The van der Waals surface area contributed by atoms with Gasteiger partial charge < -0.3 is 9.84 Å². The molecule has 0 aliphatic heterocycles. The van der Waals surface area contributed by atoms with Gasteiger partial charge >= 0.3 is 0 Å². The molecule has 1 aromatic carbocycles. The number of aliphatic hydroxyl groups is 1. The molecule has 0 radical (unpaired) electrons. The second kappa shape index (κ2) is 7.59. The van der Waals surface area contributed by atoms with E-state index in [2.05, 4.69) is 48.9 Å². The van der Waals surface area contributed by atoms with E-state index in [4.69, 9.17) is 9.84 Å². The summed E-state index contributed by atoms with van der Waals surface area (Å²) in [4.78, 5) is 0. The highest BCUT2D eigenvalue weighted by molar-refractivity contribution is 5.72. The SMILES string of the molecule is COc1ccc(-n2nccc2C2=CC[C@H]3[C@@H]4CC=C5C[C@@H](O)CC[C@]5(C)[C@H]4CC[C@]23C)cc1. The van der Waals surface area contributed by atoms with E-state index in [1.807, 2.05) is 18.3 Å². The average molecular weight is 445 g/mol. The predicted molar refractivity (Wildman–Crippen MR) is 131 cm³/mol. The van der Waals surface area contributed by atoms with E-state index in [9.17, 15) is 5.11 Å². The van der Waals surface area contributed by atoms with Gasteiger partial charge in [-0.05, 0) is 109 Å². The molecular weight excluding hydrogens is 408 g/mol. The van der Waals surface area contributed by atoms with Gasteiger partial charge in [0.2, 0.25) is 0 Å². The largest absolute Gasteiger partial charge is 0.497 e. The van der Waals surface area contributed by atoms with Crippen molar-refractivity contribution in [2.45, 2.75) is 64.9 Å². The number of aromatic nitrogens is 2. The van der Waals surface area contributed by atoms with Gasteiger partial charge in [-0.3, -0.25) is 0 Å². The van der Waals surface area contributed by atoms with Gasteiger partial charge in [-0.15, -0.1) is 0 Å². The minimum Gasteiger partial charge on any atom is -0.497 e. The maximum Gasteiger partial charge on any atom is 0.119 e. The fourth-order valence-electron chi connectivity index (χ4n) is 8.04. The van der Waals surface area contributed by atoms with E-state index in [-0.39, 0.29) is 16.9 Å². The van der Waals surface area contributed by atoms with Crippen molar-refractivity contribution in [1.82, 2.24) is 9.78 Å². The molecule has 0 saturated heterocycles. The van der Waals surface area contributed by atoms with E-state index in [1.165, 1.54) is 37.0 Å². The van der Waals surface area contributed by atoms with Crippen molar-refractivity contribution < 1.29 is 9.84 Å². The Balaban J connectivity index is 1.32. The van der Waals surface area contributed by atoms with E-state index >= 15 is 0 Å². The Bertz CT molecular complexity index is 1110. The van der Waals surface area contributed by atoms with Gasteiger partial charge in [0.1, 0.15) is 5.75 Å². The smallest absolute Gasteiger partial charge is 0.119 e. The van der Waals surface area contributed by atoms with Gasteiger partial charge in [0.25, 0.3) is 0 Å². The molecule has 1 aromatic heterocycles. The Hall–Kier alpha value is -2.33. The van der Waals surface area contributed by atoms with Gasteiger partial charge in [0.15, 0.2) is 0 Å². The molecule has 4 aliphatic carbocycles. The minimum absolute atomic E-state index is 0.132. The van der Waals surface area contributed by atoms with Crippen LogP contribution in [0.4, 0.5) is 0 Å². The summed E-state index contributed by atoms with van der Waals surface area (Å²) in [5, 5.41) is 15.0. The Morgan fingerprint density at radius 1 is 0.970 bits per heavy atom. The van der Waals surface area contributed by atoms with Crippen molar-refractivity contribution in [2.24, 2.45) is 28.6 Å². The fraction of sp³-hybridized carbons (Fsp3) is 0.552. The molecule has 0 spiro atoms. The number of methoxy groups -OCH3 is 1. The lowest BCUT2D eigenvalue weighted by atomic mass is 9.47. The number of fused-ring (bicyclic) bond motifs is 5. The maximum absolute atomic E-state index is 10.3. The number of ether oxygens (including phenoxy) is 1. The zero-order valence-electron chi connectivity index (χ0n) is 20.1. The Labute approximate surface area is 197 Å². The third kappa shape index (κ3) is 3.10. The van der Waals surface area contributed by atoms with E-state index < -0.39 is 0 Å². The van der Waals surface area contributed by atoms with Gasteiger partial charge in [-0.1, -0.05) is 31.6 Å². The lowest BCUT2D eigenvalue weighted by Gasteiger charge is -2.57. The zero-order valence-corrected chi connectivity index (χ0v) is 20.1. The topological polar surface area (TPSA) is 47.3 Å². The first kappa shape index (κ1) is 21.2. The quantitative estimate of drug-likeness (QED) is 0.574. The summed E-state index contributed by atoms with van der Waals surface area (Å²) in [6.45, 7) is 5.02. The molecule has 2 fully saturated rings. The average Bonchev–Trinajstić information content (AvgIpc) is 3.43. The van der Waals surface area contributed by atoms with Gasteiger partial charge in [-0.2, -0.15) is 5.10 Å². The molecule has 174 valence electrons. The Kier molecular flexibility index (Phi) is 4.88. The van der Waals surface area contributed by atoms with E-state index in [0.717, 1.165) is 42.5 Å². The van der Waals surface area contributed by atoms with E-state index in [1.54, 1.807) is 12.7 Å². The second-order valence-electron chi connectivity index (χ2n) is 11.3. The van der Waals surface area contributed by atoms with E-state index in [0.29, 0.717) is 5.92 Å². The molecule has 1 N–H and O–H groups in total. The third-order valence-corrected chi connectivity index (χ3v) is 9.89. The maximum atomic E-state index is 10.3. The molecule has 0 bridgehead atoms. The third-order valence-electron chi connectivity index (χ3n) is 9.89. The molecule has 1 heterocycles. The van der Waals surface area contributed by atoms with Gasteiger partial charge in [0.05, 0.1) is 30.8 Å². The molecule has 4 heteroatoms. The van der Waals surface area contributed by atoms with Crippen LogP contribution in [-0.4, -0.2) is 28.1 Å². The molecule has 2 saturated carbocycles. The first-order valence-corrected chi connectivity index (χ1v) is 12.7. The molecule has 0 amide bonds. The zero-order chi connectivity index (χ0) is 22.8. The molecular formula is C29H36N2O2. The molecule has 4 nitrogen and oxygen atoms in total. The summed E-state index contributed by atoms with van der Waals surface area (Å²) in [6, 6.07) is 10.4. The lowest BCUT2D eigenvalue weighted by molar-refractivity contribution is -0.0239. The van der Waals surface area contributed by atoms with Crippen LogP contribution >= 0.6 is 0 Å². The number of aliphatic hydroxyl groups excluding tert-OH is 1. The summed E-state index contributed by atoms with van der Waals surface area (Å²) in [5.74, 6) is 3.04. The van der Waals surface area contributed by atoms with Crippen molar-refractivity contribution in [3.05, 3.63) is 59.9 Å². The summed E-state index contributed by atoms with van der Waals surface area (Å²) < 4.78 is 7.45. The number of allylic oxidation sites excluding steroid dienone is 3. The van der Waals surface area contributed by atoms with Crippen LogP contribution in [0.2, 0.25) is 0 Å². The Morgan fingerprint density at radius 3 is 2.55 bits per heavy atom. The van der Waals surface area contributed by atoms with Crippen LogP contribution in [0.3, 0.4) is 0 Å². The molecule has 2 aromatic rings. The van der Waals surface area contributed by atoms with Crippen molar-refractivity contribution in [3.63, 3.8) is 0 Å². The van der Waals surface area contributed by atoms with Gasteiger partial charge in [0, 0.05) is 0 Å². The highest BCUT2D eigenvalue weighted by Crippen LogP contribution is 2.66. The molecule has 6 atom stereocenters. The van der Waals surface area contributed by atoms with Crippen molar-refractivity contribution in [1.29, 1.82) is 0 Å². The second-order valence-corrected chi connectivity index (χ2v) is 11.3. The number of hydrogen-bond donors (Lipinski definition) is 1. The predicted octanol–water partition coefficient (Wildman–Crippen LogP) is 6.20. The van der Waals surface area contributed by atoms with Crippen LogP contribution in [0.1, 0.15) is 64.5 Å². The van der Waals surface area contributed by atoms with Crippen LogP contribution in [0.25, 0.3) is 11.3 Å². The first-order chi connectivity index (χ1) is 15.9. The standard InChI is InChI=1S/C29H36N2O2/c1-28-15-12-21(32)18-19(28)4-9-23-24-10-11-26(29(24,2)16-13-25(23)28)27-14-17-30-31(27)20-5-7-22(33-3)8-6-20/h4-8,11,14,17,21,23-25,32H,9-10,12-13,15-16,18H2,1-3H3/t21-,23-,24-,25-,28-,29-/m0/s1. The summed E-state index contributed by atoms with van der Waals surface area (Å²) >= 11 is 0.